The van der Waals surface area contributed by atoms with Gasteiger partial charge in [0, 0.05) is 36.4 Å². The number of nitriles is 1. The number of carbonyl (C=O) groups is 1. The fourth-order valence-corrected chi connectivity index (χ4v) is 3.22. The van der Waals surface area contributed by atoms with Crippen LogP contribution in [0.1, 0.15) is 23.0 Å². The van der Waals surface area contributed by atoms with Crippen LogP contribution in [-0.4, -0.2) is 36.1 Å². The number of imidazole rings is 1. The van der Waals surface area contributed by atoms with Crippen LogP contribution in [0.25, 0.3) is 16.9 Å². The standard InChI is InChI=1S/C20H15ClFN7O/c1-12(25-20(30)16-11-28-7-5-24-9-17(28)26-16)10-29-6-4-15(27-29)14-3-2-13(8-23)18(21)19(14)22/h2-7,9,11-12H,10H2,1H3,(H,25,30). The third kappa shape index (κ3) is 3.73. The van der Waals surface area contributed by atoms with Crippen LogP contribution < -0.4 is 5.32 Å². The van der Waals surface area contributed by atoms with E-state index in [1.807, 2.05) is 13.0 Å². The van der Waals surface area contributed by atoms with Crippen molar-refractivity contribution >= 4 is 23.2 Å². The SMILES string of the molecule is CC(Cn1ccc(-c2ccc(C#N)c(Cl)c2F)n1)NC(=O)c1cn2ccncc2n1. The van der Waals surface area contributed by atoms with Gasteiger partial charge >= 0.3 is 0 Å². The summed E-state index contributed by atoms with van der Waals surface area (Å²) in [6, 6.07) is 6.14. The van der Waals surface area contributed by atoms with Gasteiger partial charge in [-0.3, -0.25) is 14.5 Å². The highest BCUT2D eigenvalue weighted by molar-refractivity contribution is 6.32. The summed E-state index contributed by atoms with van der Waals surface area (Å²) in [5.41, 5.74) is 1.51. The van der Waals surface area contributed by atoms with Gasteiger partial charge in [0.25, 0.3) is 5.91 Å². The van der Waals surface area contributed by atoms with Crippen LogP contribution in [-0.2, 0) is 6.54 Å². The van der Waals surface area contributed by atoms with E-state index in [9.17, 15) is 9.18 Å². The number of nitrogens with one attached hydrogen (secondary N) is 1. The second-order valence-electron chi connectivity index (χ2n) is 6.67. The van der Waals surface area contributed by atoms with Crippen LogP contribution in [0.2, 0.25) is 5.02 Å². The second-order valence-corrected chi connectivity index (χ2v) is 7.04. The summed E-state index contributed by atoms with van der Waals surface area (Å²) in [5, 5.41) is 15.9. The van der Waals surface area contributed by atoms with Crippen molar-refractivity contribution < 1.29 is 9.18 Å². The number of hydrogen-bond acceptors (Lipinski definition) is 5. The molecule has 10 heteroatoms. The van der Waals surface area contributed by atoms with Crippen molar-refractivity contribution in [3.63, 3.8) is 0 Å². The number of hydrogen-bond donors (Lipinski definition) is 1. The first-order valence-corrected chi connectivity index (χ1v) is 9.35. The first-order valence-electron chi connectivity index (χ1n) is 8.97. The molecule has 0 fully saturated rings. The Labute approximate surface area is 175 Å². The summed E-state index contributed by atoms with van der Waals surface area (Å²) in [5.74, 6) is -1.01. The van der Waals surface area contributed by atoms with Crippen molar-refractivity contribution in [1.29, 1.82) is 5.26 Å². The molecule has 3 aromatic heterocycles. The van der Waals surface area contributed by atoms with Gasteiger partial charge in [0.2, 0.25) is 0 Å². The molecule has 1 N–H and O–H groups in total. The van der Waals surface area contributed by atoms with Crippen molar-refractivity contribution in [3.8, 4) is 17.3 Å². The number of benzene rings is 1. The summed E-state index contributed by atoms with van der Waals surface area (Å²) in [6.07, 6.45) is 8.20. The van der Waals surface area contributed by atoms with Crippen molar-refractivity contribution in [2.45, 2.75) is 19.5 Å². The highest BCUT2D eigenvalue weighted by atomic mass is 35.5. The zero-order chi connectivity index (χ0) is 21.3. The lowest BCUT2D eigenvalue weighted by molar-refractivity contribution is 0.0931. The third-order valence-corrected chi connectivity index (χ3v) is 4.82. The van der Waals surface area contributed by atoms with Crippen LogP contribution in [0, 0.1) is 17.1 Å². The predicted octanol–water partition coefficient (Wildman–Crippen LogP) is 3.08. The number of nitrogens with zero attached hydrogens (tertiary/aromatic N) is 6. The average molecular weight is 424 g/mol. The maximum Gasteiger partial charge on any atom is 0.271 e. The van der Waals surface area contributed by atoms with Gasteiger partial charge in [-0.15, -0.1) is 0 Å². The van der Waals surface area contributed by atoms with Crippen LogP contribution in [0.15, 0.2) is 49.2 Å². The van der Waals surface area contributed by atoms with Gasteiger partial charge in [-0.25, -0.2) is 9.37 Å². The van der Waals surface area contributed by atoms with Gasteiger partial charge in [0.1, 0.15) is 11.8 Å². The molecule has 3 heterocycles. The fourth-order valence-electron chi connectivity index (χ4n) is 3.02. The van der Waals surface area contributed by atoms with Gasteiger partial charge < -0.3 is 9.72 Å². The number of aromatic nitrogens is 5. The summed E-state index contributed by atoms with van der Waals surface area (Å²) in [7, 11) is 0. The van der Waals surface area contributed by atoms with E-state index in [4.69, 9.17) is 16.9 Å². The Morgan fingerprint density at radius 2 is 2.20 bits per heavy atom. The summed E-state index contributed by atoms with van der Waals surface area (Å²) >= 11 is 5.89. The predicted molar refractivity (Wildman–Crippen MR) is 107 cm³/mol. The molecule has 0 bridgehead atoms. The average Bonchev–Trinajstić information content (AvgIpc) is 3.37. The minimum absolute atomic E-state index is 0.0661. The maximum absolute atomic E-state index is 14.5. The molecule has 1 unspecified atom stereocenters. The molecule has 4 rings (SSSR count). The Kier molecular flexibility index (Phi) is 5.16. The van der Waals surface area contributed by atoms with E-state index in [2.05, 4.69) is 20.4 Å². The van der Waals surface area contributed by atoms with E-state index in [1.54, 1.807) is 46.1 Å². The van der Waals surface area contributed by atoms with Crippen LogP contribution >= 0.6 is 11.6 Å². The smallest absolute Gasteiger partial charge is 0.271 e. The largest absolute Gasteiger partial charge is 0.346 e. The van der Waals surface area contributed by atoms with E-state index in [-0.39, 0.29) is 33.8 Å². The summed E-state index contributed by atoms with van der Waals surface area (Å²) < 4.78 is 17.8. The lowest BCUT2D eigenvalue weighted by Crippen LogP contribution is -2.36. The molecule has 0 spiro atoms. The van der Waals surface area contributed by atoms with Crippen molar-refractivity contribution in [2.24, 2.45) is 0 Å². The van der Waals surface area contributed by atoms with Gasteiger partial charge in [-0.1, -0.05) is 11.6 Å². The molecule has 4 aromatic rings. The Morgan fingerprint density at radius 1 is 1.37 bits per heavy atom. The van der Waals surface area contributed by atoms with E-state index in [0.29, 0.717) is 17.9 Å². The Hall–Kier alpha value is -3.77. The first-order chi connectivity index (χ1) is 14.5. The topological polar surface area (TPSA) is 101 Å². The van der Waals surface area contributed by atoms with Crippen molar-refractivity contribution in [1.82, 2.24) is 29.5 Å². The maximum atomic E-state index is 14.5. The number of amides is 1. The minimum atomic E-state index is -0.691. The van der Waals surface area contributed by atoms with Crippen molar-refractivity contribution in [3.05, 3.63) is 71.3 Å². The van der Waals surface area contributed by atoms with Gasteiger partial charge in [0.05, 0.1) is 29.0 Å². The lowest BCUT2D eigenvalue weighted by Gasteiger charge is -2.13. The highest BCUT2D eigenvalue weighted by Crippen LogP contribution is 2.29. The molecule has 8 nitrogen and oxygen atoms in total. The van der Waals surface area contributed by atoms with E-state index < -0.39 is 5.82 Å². The quantitative estimate of drug-likeness (QED) is 0.531. The molecule has 0 saturated carbocycles. The molecule has 0 saturated heterocycles. The molecule has 0 radical (unpaired) electrons. The third-order valence-electron chi connectivity index (χ3n) is 4.45. The molecular formula is C20H15ClFN7O. The number of rotatable bonds is 5. The molecule has 0 aliphatic carbocycles. The second kappa shape index (κ2) is 7.93. The Morgan fingerprint density at radius 3 is 2.97 bits per heavy atom. The van der Waals surface area contributed by atoms with E-state index >= 15 is 0 Å². The molecule has 150 valence electrons. The Balaban J connectivity index is 1.45. The zero-order valence-corrected chi connectivity index (χ0v) is 16.5. The number of fused-ring (bicyclic) bond motifs is 1. The zero-order valence-electron chi connectivity index (χ0n) is 15.8. The van der Waals surface area contributed by atoms with Gasteiger partial charge in [0.15, 0.2) is 11.5 Å². The normalized spacial score (nSPS) is 11.9. The van der Waals surface area contributed by atoms with Crippen LogP contribution in [0.5, 0.6) is 0 Å². The summed E-state index contributed by atoms with van der Waals surface area (Å²) in [4.78, 5) is 20.7. The van der Waals surface area contributed by atoms with E-state index in [1.165, 1.54) is 12.1 Å². The molecule has 0 aliphatic rings. The highest BCUT2D eigenvalue weighted by Gasteiger charge is 2.17. The molecule has 1 atom stereocenters. The molecule has 1 amide bonds. The molecule has 0 aliphatic heterocycles. The molecule has 30 heavy (non-hydrogen) atoms. The monoisotopic (exact) mass is 423 g/mol. The van der Waals surface area contributed by atoms with Gasteiger partial charge in [-0.2, -0.15) is 10.4 Å². The molecular weight excluding hydrogens is 409 g/mol. The Bertz CT molecular complexity index is 1260. The van der Waals surface area contributed by atoms with Crippen molar-refractivity contribution in [2.75, 3.05) is 0 Å². The van der Waals surface area contributed by atoms with Crippen LogP contribution in [0.3, 0.4) is 0 Å². The molecule has 1 aromatic carbocycles. The lowest BCUT2D eigenvalue weighted by atomic mass is 10.1. The van der Waals surface area contributed by atoms with Crippen LogP contribution in [0.4, 0.5) is 4.39 Å². The number of halogens is 2. The summed E-state index contributed by atoms with van der Waals surface area (Å²) in [6.45, 7) is 2.20. The first kappa shape index (κ1) is 19.5. The fraction of sp³-hybridized carbons (Fsp3) is 0.150. The van der Waals surface area contributed by atoms with E-state index in [0.717, 1.165) is 0 Å². The van der Waals surface area contributed by atoms with Gasteiger partial charge in [-0.05, 0) is 25.1 Å². The number of carbonyl (C=O) groups excluding carboxylic acids is 1. The minimum Gasteiger partial charge on any atom is -0.346 e.